The van der Waals surface area contributed by atoms with Crippen LogP contribution < -0.4 is 10.9 Å². The van der Waals surface area contributed by atoms with Crippen LogP contribution in [0.4, 0.5) is 5.95 Å². The number of aryl methyl sites for hydroxylation is 1. The molecular formula is C16H17N5O3. The van der Waals surface area contributed by atoms with Gasteiger partial charge in [-0.15, -0.1) is 0 Å². The first-order valence-corrected chi connectivity index (χ1v) is 7.40. The third kappa shape index (κ3) is 3.27. The lowest BCUT2D eigenvalue weighted by atomic mass is 10.1. The second-order valence-corrected chi connectivity index (χ2v) is 5.33. The average Bonchev–Trinajstić information content (AvgIpc) is 2.97. The maximum absolute atomic E-state index is 12.1. The Balaban J connectivity index is 1.83. The molecule has 0 radical (unpaired) electrons. The van der Waals surface area contributed by atoms with Crippen LogP contribution in [0.3, 0.4) is 0 Å². The van der Waals surface area contributed by atoms with Crippen molar-refractivity contribution < 1.29 is 9.53 Å². The van der Waals surface area contributed by atoms with E-state index in [4.69, 9.17) is 0 Å². The number of aromatic nitrogens is 4. The summed E-state index contributed by atoms with van der Waals surface area (Å²) >= 11 is 0. The summed E-state index contributed by atoms with van der Waals surface area (Å²) in [6, 6.07) is 9.28. The van der Waals surface area contributed by atoms with Crippen LogP contribution in [-0.4, -0.2) is 32.7 Å². The summed E-state index contributed by atoms with van der Waals surface area (Å²) in [5.41, 5.74) is 2.28. The first kappa shape index (κ1) is 15.7. The third-order valence-electron chi connectivity index (χ3n) is 3.64. The van der Waals surface area contributed by atoms with Gasteiger partial charge in [0, 0.05) is 12.6 Å². The smallest absolute Gasteiger partial charge is 0.311 e. The minimum atomic E-state index is -0.459. The van der Waals surface area contributed by atoms with Crippen LogP contribution in [0.15, 0.2) is 35.1 Å². The summed E-state index contributed by atoms with van der Waals surface area (Å²) in [5.74, 6) is 0.173. The number of esters is 1. The molecule has 3 aromatic rings. The Hall–Kier alpha value is -3.16. The molecular weight excluding hydrogens is 310 g/mol. The molecule has 2 aromatic heterocycles. The predicted octanol–water partition coefficient (Wildman–Crippen LogP) is 1.05. The Labute approximate surface area is 137 Å². The number of rotatable bonds is 5. The second-order valence-electron chi connectivity index (χ2n) is 5.33. The zero-order valence-corrected chi connectivity index (χ0v) is 13.4. The van der Waals surface area contributed by atoms with E-state index in [1.54, 1.807) is 0 Å². The highest BCUT2D eigenvalue weighted by atomic mass is 16.5. The number of carbonyl (C=O) groups excluding carboxylic acids is 1. The van der Waals surface area contributed by atoms with Gasteiger partial charge in [0.1, 0.15) is 0 Å². The van der Waals surface area contributed by atoms with Crippen molar-refractivity contribution in [2.45, 2.75) is 19.9 Å². The number of fused-ring (bicyclic) bond motifs is 1. The molecule has 0 bridgehead atoms. The van der Waals surface area contributed by atoms with Crippen molar-refractivity contribution in [1.82, 2.24) is 19.6 Å². The van der Waals surface area contributed by atoms with Crippen LogP contribution in [0.2, 0.25) is 0 Å². The minimum absolute atomic E-state index is 0.0684. The van der Waals surface area contributed by atoms with Gasteiger partial charge in [0.25, 0.3) is 11.3 Å². The van der Waals surface area contributed by atoms with E-state index in [9.17, 15) is 9.59 Å². The fourth-order valence-corrected chi connectivity index (χ4v) is 2.30. The minimum Gasteiger partial charge on any atom is -0.469 e. The molecule has 0 fully saturated rings. The number of methoxy groups -OCH3 is 1. The predicted molar refractivity (Wildman–Crippen MR) is 87.8 cm³/mol. The molecule has 1 aromatic carbocycles. The highest BCUT2D eigenvalue weighted by molar-refractivity contribution is 5.71. The molecule has 0 aliphatic heterocycles. The molecule has 2 N–H and O–H groups in total. The maximum Gasteiger partial charge on any atom is 0.311 e. The zero-order valence-electron chi connectivity index (χ0n) is 13.4. The number of nitrogens with zero attached hydrogens (tertiary/aromatic N) is 3. The van der Waals surface area contributed by atoms with Gasteiger partial charge in [0.15, 0.2) is 0 Å². The van der Waals surface area contributed by atoms with Crippen LogP contribution in [0.25, 0.3) is 5.78 Å². The number of nitrogens with one attached hydrogen (secondary N) is 2. The summed E-state index contributed by atoms with van der Waals surface area (Å²) in [4.78, 5) is 31.8. The van der Waals surface area contributed by atoms with Gasteiger partial charge in [-0.1, -0.05) is 24.3 Å². The SMILES string of the molecule is COC(=O)Cc1cc(=O)n2[nH]c(NCc3ccccc3C)nc2n1. The number of carbonyl (C=O) groups is 1. The Morgan fingerprint density at radius 1 is 1.33 bits per heavy atom. The van der Waals surface area contributed by atoms with Gasteiger partial charge >= 0.3 is 5.97 Å². The van der Waals surface area contributed by atoms with E-state index in [1.807, 2.05) is 31.2 Å². The van der Waals surface area contributed by atoms with Gasteiger partial charge in [-0.25, -0.2) is 4.98 Å². The van der Waals surface area contributed by atoms with Crippen LogP contribution in [-0.2, 0) is 22.5 Å². The molecule has 8 heteroatoms. The van der Waals surface area contributed by atoms with Crippen molar-refractivity contribution in [2.75, 3.05) is 12.4 Å². The average molecular weight is 327 g/mol. The molecule has 0 amide bonds. The van der Waals surface area contributed by atoms with E-state index in [2.05, 4.69) is 25.1 Å². The van der Waals surface area contributed by atoms with E-state index >= 15 is 0 Å². The van der Waals surface area contributed by atoms with Crippen LogP contribution in [0.1, 0.15) is 16.8 Å². The second kappa shape index (κ2) is 6.53. The van der Waals surface area contributed by atoms with Crippen molar-refractivity contribution in [3.63, 3.8) is 0 Å². The van der Waals surface area contributed by atoms with Crippen LogP contribution in [0, 0.1) is 6.92 Å². The van der Waals surface area contributed by atoms with Crippen LogP contribution >= 0.6 is 0 Å². The fourth-order valence-electron chi connectivity index (χ4n) is 2.30. The van der Waals surface area contributed by atoms with Crippen molar-refractivity contribution in [2.24, 2.45) is 0 Å². The Bertz CT molecular complexity index is 944. The van der Waals surface area contributed by atoms with E-state index < -0.39 is 5.97 Å². The quantitative estimate of drug-likeness (QED) is 0.679. The summed E-state index contributed by atoms with van der Waals surface area (Å²) in [6.07, 6.45) is -0.0684. The molecule has 0 aliphatic rings. The van der Waals surface area contributed by atoms with E-state index in [0.717, 1.165) is 11.1 Å². The number of anilines is 1. The summed E-state index contributed by atoms with van der Waals surface area (Å²) in [7, 11) is 1.29. The molecule has 124 valence electrons. The molecule has 0 aliphatic carbocycles. The molecule has 0 spiro atoms. The molecule has 0 saturated carbocycles. The molecule has 2 heterocycles. The molecule has 8 nitrogen and oxygen atoms in total. The molecule has 0 unspecified atom stereocenters. The van der Waals surface area contributed by atoms with Gasteiger partial charge in [-0.2, -0.15) is 9.50 Å². The number of aromatic amines is 1. The lowest BCUT2D eigenvalue weighted by molar-refractivity contribution is -0.139. The first-order valence-electron chi connectivity index (χ1n) is 7.40. The topological polar surface area (TPSA) is 101 Å². The summed E-state index contributed by atoms with van der Waals surface area (Å²) < 4.78 is 5.80. The zero-order chi connectivity index (χ0) is 17.1. The third-order valence-corrected chi connectivity index (χ3v) is 3.64. The van der Waals surface area contributed by atoms with Crippen molar-refractivity contribution in [1.29, 1.82) is 0 Å². The molecule has 0 saturated heterocycles. The fraction of sp³-hybridized carbons (Fsp3) is 0.250. The Kier molecular flexibility index (Phi) is 4.28. The van der Waals surface area contributed by atoms with Gasteiger partial charge in [-0.05, 0) is 18.1 Å². The van der Waals surface area contributed by atoms with E-state index in [0.29, 0.717) is 18.2 Å². The first-order chi connectivity index (χ1) is 11.6. The van der Waals surface area contributed by atoms with Gasteiger partial charge in [0.2, 0.25) is 5.95 Å². The highest BCUT2D eigenvalue weighted by Crippen LogP contribution is 2.09. The number of hydrogen-bond donors (Lipinski definition) is 2. The summed E-state index contributed by atoms with van der Waals surface area (Å²) in [5, 5.41) is 5.98. The Morgan fingerprint density at radius 3 is 2.88 bits per heavy atom. The molecule has 0 atom stereocenters. The van der Waals surface area contributed by atoms with Crippen molar-refractivity contribution in [3.8, 4) is 0 Å². The molecule has 3 rings (SSSR count). The monoisotopic (exact) mass is 327 g/mol. The van der Waals surface area contributed by atoms with Gasteiger partial charge in [0.05, 0.1) is 19.2 Å². The lowest BCUT2D eigenvalue weighted by Crippen LogP contribution is -2.17. The lowest BCUT2D eigenvalue weighted by Gasteiger charge is -2.05. The van der Waals surface area contributed by atoms with Gasteiger partial charge in [-0.3, -0.25) is 14.7 Å². The number of hydrogen-bond acceptors (Lipinski definition) is 6. The van der Waals surface area contributed by atoms with E-state index in [-0.39, 0.29) is 17.8 Å². The van der Waals surface area contributed by atoms with Crippen molar-refractivity contribution in [3.05, 3.63) is 57.5 Å². The largest absolute Gasteiger partial charge is 0.469 e. The van der Waals surface area contributed by atoms with Gasteiger partial charge < -0.3 is 10.1 Å². The number of ether oxygens (including phenoxy) is 1. The normalized spacial score (nSPS) is 10.8. The number of H-pyrrole nitrogens is 1. The Morgan fingerprint density at radius 2 is 2.12 bits per heavy atom. The maximum atomic E-state index is 12.1. The van der Waals surface area contributed by atoms with Crippen LogP contribution in [0.5, 0.6) is 0 Å². The highest BCUT2D eigenvalue weighted by Gasteiger charge is 2.11. The van der Waals surface area contributed by atoms with Crippen molar-refractivity contribution >= 4 is 17.7 Å². The van der Waals surface area contributed by atoms with E-state index in [1.165, 1.54) is 17.7 Å². The summed E-state index contributed by atoms with van der Waals surface area (Å²) in [6.45, 7) is 2.59. The standard InChI is InChI=1S/C16H17N5O3/c1-10-5-3-4-6-11(10)9-17-15-19-16-18-12(8-14(23)24-2)7-13(22)21(16)20-15/h3-7H,8-9H2,1-2H3,(H2,17,18,19,20). The molecule has 24 heavy (non-hydrogen) atoms. The number of benzene rings is 1.